The molecule has 0 radical (unpaired) electrons. The van der Waals surface area contributed by atoms with Gasteiger partial charge in [-0.15, -0.1) is 0 Å². The van der Waals surface area contributed by atoms with Crippen LogP contribution >= 0.6 is 11.6 Å². The summed E-state index contributed by atoms with van der Waals surface area (Å²) < 4.78 is 0. The Kier molecular flexibility index (Phi) is 6.31. The van der Waals surface area contributed by atoms with E-state index in [1.54, 1.807) is 24.3 Å². The fraction of sp³-hybridized carbons (Fsp3) is 0.462. The van der Waals surface area contributed by atoms with E-state index in [0.717, 1.165) is 44.6 Å². The zero-order chi connectivity index (χ0) is 22.1. The molecule has 2 unspecified atom stereocenters. The number of Topliss-reactive ketones (excluding diaryl/α,β-unsaturated/α-hetero) is 1. The van der Waals surface area contributed by atoms with E-state index in [4.69, 9.17) is 11.6 Å². The normalized spacial score (nSPS) is 24.3. The van der Waals surface area contributed by atoms with Crippen LogP contribution in [0.15, 0.2) is 42.5 Å². The second-order valence-corrected chi connectivity index (χ2v) is 9.70. The number of halogens is 1. The van der Waals surface area contributed by atoms with Crippen molar-refractivity contribution in [1.29, 1.82) is 0 Å². The van der Waals surface area contributed by atoms with Crippen molar-refractivity contribution in [2.75, 3.05) is 26.2 Å². The van der Waals surface area contributed by atoms with Crippen LogP contribution in [-0.2, 0) is 11.2 Å². The minimum atomic E-state index is -0.350. The van der Waals surface area contributed by atoms with Gasteiger partial charge in [-0.2, -0.15) is 0 Å². The van der Waals surface area contributed by atoms with Crippen LogP contribution in [0.3, 0.4) is 0 Å². The molecule has 3 aliphatic rings. The van der Waals surface area contributed by atoms with Gasteiger partial charge in [0.15, 0.2) is 5.78 Å². The molecule has 2 aromatic rings. The van der Waals surface area contributed by atoms with Gasteiger partial charge in [0.2, 0.25) is 6.41 Å². The first-order chi connectivity index (χ1) is 15.6. The average molecular weight is 452 g/mol. The van der Waals surface area contributed by atoms with E-state index in [9.17, 15) is 9.59 Å². The highest BCUT2D eigenvalue weighted by atomic mass is 35.5. The van der Waals surface area contributed by atoms with Crippen LogP contribution in [0.25, 0.3) is 0 Å². The fourth-order valence-corrected chi connectivity index (χ4v) is 5.78. The molecule has 0 bridgehead atoms. The predicted octanol–water partition coefficient (Wildman–Crippen LogP) is 4.17. The molecule has 168 valence electrons. The Hall–Kier alpha value is -2.21. The Morgan fingerprint density at radius 1 is 1.06 bits per heavy atom. The minimum absolute atomic E-state index is 0.0648. The van der Waals surface area contributed by atoms with E-state index in [1.807, 2.05) is 4.90 Å². The van der Waals surface area contributed by atoms with Crippen LogP contribution in [0, 0.1) is 0 Å². The quantitative estimate of drug-likeness (QED) is 0.547. The maximum atomic E-state index is 13.2. The summed E-state index contributed by atoms with van der Waals surface area (Å²) in [6, 6.07) is 13.9. The van der Waals surface area contributed by atoms with E-state index in [-0.39, 0.29) is 17.9 Å². The van der Waals surface area contributed by atoms with Gasteiger partial charge in [-0.1, -0.05) is 42.6 Å². The monoisotopic (exact) mass is 451 g/mol. The SMILES string of the molecule is O=CN1CCN(C2CCCC2)CC1c1ccc2c(c1)CCNC2C(=O)c1ccc(Cl)cc1. The summed E-state index contributed by atoms with van der Waals surface area (Å²) in [5, 5.41) is 4.02. The Labute approximate surface area is 194 Å². The molecule has 1 saturated carbocycles. The number of benzene rings is 2. The number of nitrogens with one attached hydrogen (secondary N) is 1. The Morgan fingerprint density at radius 2 is 1.84 bits per heavy atom. The second kappa shape index (κ2) is 9.34. The van der Waals surface area contributed by atoms with Gasteiger partial charge in [-0.05, 0) is 60.2 Å². The predicted molar refractivity (Wildman–Crippen MR) is 126 cm³/mol. The van der Waals surface area contributed by atoms with Crippen LogP contribution in [0.5, 0.6) is 0 Å². The lowest BCUT2D eigenvalue weighted by Gasteiger charge is -2.42. The van der Waals surface area contributed by atoms with E-state index in [2.05, 4.69) is 28.4 Å². The highest BCUT2D eigenvalue weighted by molar-refractivity contribution is 6.30. The molecule has 1 saturated heterocycles. The van der Waals surface area contributed by atoms with Crippen LogP contribution in [0.2, 0.25) is 5.02 Å². The van der Waals surface area contributed by atoms with Crippen molar-refractivity contribution < 1.29 is 9.59 Å². The maximum absolute atomic E-state index is 13.2. The van der Waals surface area contributed by atoms with Crippen LogP contribution in [0.4, 0.5) is 0 Å². The average Bonchev–Trinajstić information content (AvgIpc) is 3.38. The lowest BCUT2D eigenvalue weighted by Crippen LogP contribution is -2.50. The van der Waals surface area contributed by atoms with Gasteiger partial charge >= 0.3 is 0 Å². The molecule has 0 spiro atoms. The van der Waals surface area contributed by atoms with Crippen molar-refractivity contribution >= 4 is 23.8 Å². The first-order valence-electron chi connectivity index (χ1n) is 11.7. The number of hydrogen-bond acceptors (Lipinski definition) is 4. The number of piperazine rings is 1. The first-order valence-corrected chi connectivity index (χ1v) is 12.1. The van der Waals surface area contributed by atoms with Gasteiger partial charge in [0.05, 0.1) is 12.1 Å². The first kappa shape index (κ1) is 21.6. The molecule has 2 aliphatic heterocycles. The van der Waals surface area contributed by atoms with Crippen molar-refractivity contribution in [3.05, 3.63) is 69.7 Å². The lowest BCUT2D eigenvalue weighted by molar-refractivity contribution is -0.123. The number of ketones is 1. The molecule has 5 rings (SSSR count). The molecule has 6 heteroatoms. The van der Waals surface area contributed by atoms with Crippen molar-refractivity contribution in [3.63, 3.8) is 0 Å². The van der Waals surface area contributed by atoms with Gasteiger partial charge in [0, 0.05) is 42.8 Å². The van der Waals surface area contributed by atoms with E-state index in [0.29, 0.717) is 16.6 Å². The molecule has 0 aromatic heterocycles. The summed E-state index contributed by atoms with van der Waals surface area (Å²) >= 11 is 5.99. The molecule has 2 heterocycles. The zero-order valence-electron chi connectivity index (χ0n) is 18.3. The number of carbonyl (C=O) groups excluding carboxylic acids is 2. The summed E-state index contributed by atoms with van der Waals surface area (Å²) in [6.07, 6.45) is 7.07. The molecule has 1 amide bonds. The molecule has 2 fully saturated rings. The van der Waals surface area contributed by atoms with Crippen LogP contribution in [0.1, 0.15) is 64.8 Å². The highest BCUT2D eigenvalue weighted by Crippen LogP contribution is 2.34. The molecule has 2 atom stereocenters. The number of carbonyl (C=O) groups is 2. The largest absolute Gasteiger partial charge is 0.336 e. The van der Waals surface area contributed by atoms with Gasteiger partial charge in [-0.3, -0.25) is 14.5 Å². The van der Waals surface area contributed by atoms with Gasteiger partial charge in [0.25, 0.3) is 0 Å². The lowest BCUT2D eigenvalue weighted by atomic mass is 9.87. The standard InChI is InChI=1S/C26H30ClN3O2/c27-21-8-5-18(6-9-21)26(32)25-23-10-7-20(15-19(23)11-12-28-25)24-16-29(13-14-30(24)17-31)22-3-1-2-4-22/h5-10,15,17,22,24-25,28H,1-4,11-14,16H2. The van der Waals surface area contributed by atoms with Crippen molar-refractivity contribution in [2.24, 2.45) is 0 Å². The van der Waals surface area contributed by atoms with Crippen molar-refractivity contribution in [3.8, 4) is 0 Å². The van der Waals surface area contributed by atoms with Crippen LogP contribution in [-0.4, -0.2) is 54.2 Å². The van der Waals surface area contributed by atoms with E-state index >= 15 is 0 Å². The Morgan fingerprint density at radius 3 is 2.59 bits per heavy atom. The number of amides is 1. The summed E-state index contributed by atoms with van der Waals surface area (Å²) in [5.41, 5.74) is 4.09. The Bertz CT molecular complexity index is 987. The third kappa shape index (κ3) is 4.21. The maximum Gasteiger partial charge on any atom is 0.210 e. The number of rotatable bonds is 5. The second-order valence-electron chi connectivity index (χ2n) is 9.26. The van der Waals surface area contributed by atoms with Crippen molar-refractivity contribution in [2.45, 2.75) is 50.2 Å². The molecular formula is C26H30ClN3O2. The summed E-state index contributed by atoms with van der Waals surface area (Å²) in [7, 11) is 0. The molecule has 1 N–H and O–H groups in total. The van der Waals surface area contributed by atoms with Gasteiger partial charge in [0.1, 0.15) is 0 Å². The Balaban J connectivity index is 1.40. The summed E-state index contributed by atoms with van der Waals surface area (Å²) in [4.78, 5) is 29.5. The summed E-state index contributed by atoms with van der Waals surface area (Å²) in [6.45, 7) is 3.40. The van der Waals surface area contributed by atoms with Gasteiger partial charge < -0.3 is 10.2 Å². The molecular weight excluding hydrogens is 422 g/mol. The number of hydrogen-bond donors (Lipinski definition) is 1. The smallest absolute Gasteiger partial charge is 0.210 e. The van der Waals surface area contributed by atoms with Crippen molar-refractivity contribution in [1.82, 2.24) is 15.1 Å². The topological polar surface area (TPSA) is 52.7 Å². The molecule has 5 nitrogen and oxygen atoms in total. The molecule has 2 aromatic carbocycles. The third-order valence-electron chi connectivity index (χ3n) is 7.43. The van der Waals surface area contributed by atoms with E-state index < -0.39 is 0 Å². The zero-order valence-corrected chi connectivity index (χ0v) is 19.1. The fourth-order valence-electron chi connectivity index (χ4n) is 5.65. The number of nitrogens with zero attached hydrogens (tertiary/aromatic N) is 2. The van der Waals surface area contributed by atoms with E-state index in [1.165, 1.54) is 36.8 Å². The van der Waals surface area contributed by atoms with Crippen LogP contribution < -0.4 is 5.32 Å². The highest BCUT2D eigenvalue weighted by Gasteiger charge is 2.33. The van der Waals surface area contributed by atoms with Gasteiger partial charge in [-0.25, -0.2) is 0 Å². The summed E-state index contributed by atoms with van der Waals surface area (Å²) in [5.74, 6) is 0.0648. The molecule has 1 aliphatic carbocycles. The third-order valence-corrected chi connectivity index (χ3v) is 7.68. The minimum Gasteiger partial charge on any atom is -0.336 e. The number of fused-ring (bicyclic) bond motifs is 1. The molecule has 32 heavy (non-hydrogen) atoms.